The maximum Gasteiger partial charge on any atom is 0.331 e. The summed E-state index contributed by atoms with van der Waals surface area (Å²) in [6.45, 7) is 12.0. The van der Waals surface area contributed by atoms with Crippen molar-refractivity contribution in [3.63, 3.8) is 0 Å². The van der Waals surface area contributed by atoms with Crippen LogP contribution in [0.25, 0.3) is 49.9 Å². The van der Waals surface area contributed by atoms with Crippen LogP contribution in [0, 0.1) is 13.8 Å². The third-order valence-corrected chi connectivity index (χ3v) is 9.94. The van der Waals surface area contributed by atoms with Crippen LogP contribution >= 0.6 is 0 Å². The number of allylic oxidation sites excluding steroid dienone is 6. The Morgan fingerprint density at radius 3 is 1.80 bits per heavy atom. The summed E-state index contributed by atoms with van der Waals surface area (Å²) in [5.74, 6) is -1.56. The summed E-state index contributed by atoms with van der Waals surface area (Å²) in [6, 6.07) is 9.99. The molecule has 2 N–H and O–H groups in total. The molecule has 0 radical (unpaired) electrons. The Labute approximate surface area is 326 Å². The summed E-state index contributed by atoms with van der Waals surface area (Å²) in [5, 5.41) is 0. The molecule has 12 heteroatoms. The molecule has 56 heavy (non-hydrogen) atoms. The van der Waals surface area contributed by atoms with E-state index < -0.39 is 11.9 Å². The first kappa shape index (κ1) is 41.1. The molecule has 0 spiro atoms. The Bertz CT molecular complexity index is 2340. The number of nitrogens with one attached hydrogen (secondary N) is 2. The van der Waals surface area contributed by atoms with Crippen molar-refractivity contribution in [3.8, 4) is 0 Å². The Hall–Kier alpha value is -6.04. The SMILES string of the molecule is CCOC(=O)/C=C\CC/C(=C\C(=O)OCC)c1c(C)c2cc3cc(C)c(cc4nc(cc5nc(cc1[nH]2)C(C)=C5CCC(=O)OC)C(CCC(=O)OC)=C4C)[nH]3. The van der Waals surface area contributed by atoms with Crippen molar-refractivity contribution >= 4 is 73.8 Å². The molecular weight excluding hydrogens is 713 g/mol. The first-order valence-corrected chi connectivity index (χ1v) is 18.8. The molecule has 0 aromatic carbocycles. The van der Waals surface area contributed by atoms with E-state index in [0.717, 1.165) is 66.7 Å². The summed E-state index contributed by atoms with van der Waals surface area (Å²) in [6.07, 6.45) is 6.65. The topological polar surface area (TPSA) is 163 Å². The fourth-order valence-electron chi connectivity index (χ4n) is 6.96. The van der Waals surface area contributed by atoms with Gasteiger partial charge in [0.2, 0.25) is 0 Å². The minimum atomic E-state index is -0.475. The maximum atomic E-state index is 13.0. The number of nitrogens with zero attached hydrogens (tertiary/aromatic N) is 2. The van der Waals surface area contributed by atoms with E-state index in [1.807, 2.05) is 52.0 Å². The first-order chi connectivity index (χ1) is 26.9. The van der Waals surface area contributed by atoms with E-state index in [0.29, 0.717) is 48.3 Å². The normalized spacial score (nSPS) is 13.0. The number of hydrogen-bond acceptors (Lipinski definition) is 10. The molecule has 12 nitrogen and oxygen atoms in total. The van der Waals surface area contributed by atoms with Gasteiger partial charge in [-0.3, -0.25) is 9.59 Å². The highest BCUT2D eigenvalue weighted by molar-refractivity contribution is 5.99. The smallest absolute Gasteiger partial charge is 0.331 e. The monoisotopic (exact) mass is 762 g/mol. The van der Waals surface area contributed by atoms with Crippen LogP contribution < -0.4 is 0 Å². The van der Waals surface area contributed by atoms with E-state index in [-0.39, 0.29) is 38.0 Å². The van der Waals surface area contributed by atoms with Crippen LogP contribution in [0.15, 0.2) is 48.6 Å². The van der Waals surface area contributed by atoms with Gasteiger partial charge in [-0.25, -0.2) is 19.6 Å². The number of rotatable bonds is 14. The predicted molar refractivity (Wildman–Crippen MR) is 218 cm³/mol. The highest BCUT2D eigenvalue weighted by Gasteiger charge is 2.23. The van der Waals surface area contributed by atoms with Crippen molar-refractivity contribution in [2.75, 3.05) is 27.4 Å². The minimum absolute atomic E-state index is 0.150. The number of ether oxygens (including phenoxy) is 4. The Morgan fingerprint density at radius 2 is 1.23 bits per heavy atom. The van der Waals surface area contributed by atoms with E-state index in [4.69, 9.17) is 28.9 Å². The van der Waals surface area contributed by atoms with Gasteiger partial charge in [0.05, 0.1) is 50.2 Å². The third-order valence-electron chi connectivity index (χ3n) is 9.94. The standard InChI is InChI=1S/C44H50N4O8/c1-9-55-42(51)14-12-11-13-29(20-43(52)56-10-2)44-28(6)34-21-30-19-25(3)33(45-30)22-35-26(4)31(15-17-40(49)53-7)37(46-35)24-38-32(16-18-41(50)54-8)27(5)36(47-38)23-39(44)48-34/h12,14,19-24,45,48H,9-11,13,15-18H2,1-8H3/b14-12-,29-20+,30-21?,33-22?,34-21?,35-22?,36-23?,37-24?,38-24?,39-23?. The second kappa shape index (κ2) is 18.5. The molecule has 5 rings (SSSR count). The van der Waals surface area contributed by atoms with E-state index in [2.05, 4.69) is 16.0 Å². The van der Waals surface area contributed by atoms with Gasteiger partial charge in [-0.05, 0) is 137 Å². The zero-order valence-corrected chi connectivity index (χ0v) is 33.4. The fourth-order valence-corrected chi connectivity index (χ4v) is 6.96. The summed E-state index contributed by atoms with van der Waals surface area (Å²) < 4.78 is 20.4. The third kappa shape index (κ3) is 9.60. The quantitative estimate of drug-likeness (QED) is 0.0925. The van der Waals surface area contributed by atoms with Crippen LogP contribution in [0.5, 0.6) is 0 Å². The van der Waals surface area contributed by atoms with Gasteiger partial charge in [0, 0.05) is 52.6 Å². The molecule has 3 aromatic rings. The van der Waals surface area contributed by atoms with E-state index >= 15 is 0 Å². The van der Waals surface area contributed by atoms with Crippen LogP contribution in [-0.2, 0) is 38.1 Å². The van der Waals surface area contributed by atoms with Crippen LogP contribution in [0.2, 0.25) is 0 Å². The molecule has 2 aliphatic heterocycles. The van der Waals surface area contributed by atoms with Crippen molar-refractivity contribution in [2.45, 2.75) is 80.1 Å². The van der Waals surface area contributed by atoms with Gasteiger partial charge in [-0.1, -0.05) is 6.08 Å². The van der Waals surface area contributed by atoms with Gasteiger partial charge in [-0.15, -0.1) is 0 Å². The van der Waals surface area contributed by atoms with Crippen molar-refractivity contribution in [3.05, 3.63) is 88.0 Å². The molecule has 0 fully saturated rings. The molecular formula is C44H50N4O8. The van der Waals surface area contributed by atoms with Gasteiger partial charge >= 0.3 is 23.9 Å². The summed E-state index contributed by atoms with van der Waals surface area (Å²) in [5.41, 5.74) is 13.1. The number of esters is 4. The lowest BCUT2D eigenvalue weighted by molar-refractivity contribution is -0.141. The lowest BCUT2D eigenvalue weighted by atomic mass is 9.96. The van der Waals surface area contributed by atoms with Gasteiger partial charge < -0.3 is 28.9 Å². The second-order valence-electron chi connectivity index (χ2n) is 13.6. The number of aromatic amines is 2. The molecule has 0 saturated carbocycles. The molecule has 294 valence electrons. The number of hydrogen-bond donors (Lipinski definition) is 2. The lowest BCUT2D eigenvalue weighted by Gasteiger charge is -2.08. The molecule has 8 bridgehead atoms. The minimum Gasteiger partial charge on any atom is -0.469 e. The van der Waals surface area contributed by atoms with Crippen LogP contribution in [0.4, 0.5) is 0 Å². The number of fused-ring (bicyclic) bond motifs is 8. The highest BCUT2D eigenvalue weighted by Crippen LogP contribution is 2.39. The summed E-state index contributed by atoms with van der Waals surface area (Å²) in [4.78, 5) is 67.1. The van der Waals surface area contributed by atoms with E-state index in [1.165, 1.54) is 26.4 Å². The van der Waals surface area contributed by atoms with Gasteiger partial charge in [-0.2, -0.15) is 0 Å². The zero-order valence-electron chi connectivity index (χ0n) is 33.4. The molecule has 0 atom stereocenters. The second-order valence-corrected chi connectivity index (χ2v) is 13.6. The Balaban J connectivity index is 1.83. The van der Waals surface area contributed by atoms with Crippen molar-refractivity contribution in [1.29, 1.82) is 0 Å². The number of methoxy groups -OCH3 is 2. The average molecular weight is 763 g/mol. The number of carbonyl (C=O) groups is 4. The molecule has 0 aliphatic carbocycles. The van der Waals surface area contributed by atoms with Crippen LogP contribution in [0.1, 0.15) is 106 Å². The van der Waals surface area contributed by atoms with Gasteiger partial charge in [0.25, 0.3) is 0 Å². The highest BCUT2D eigenvalue weighted by atomic mass is 16.5. The lowest BCUT2D eigenvalue weighted by Crippen LogP contribution is -2.02. The molecule has 0 amide bonds. The average Bonchev–Trinajstić information content (AvgIpc) is 3.85. The molecule has 3 aromatic heterocycles. The van der Waals surface area contributed by atoms with Crippen molar-refractivity contribution in [1.82, 2.24) is 19.9 Å². The Morgan fingerprint density at radius 1 is 0.661 bits per heavy atom. The van der Waals surface area contributed by atoms with E-state index in [9.17, 15) is 19.2 Å². The van der Waals surface area contributed by atoms with Gasteiger partial charge in [0.1, 0.15) is 0 Å². The van der Waals surface area contributed by atoms with Crippen LogP contribution in [-0.4, -0.2) is 71.2 Å². The van der Waals surface area contributed by atoms with E-state index in [1.54, 1.807) is 19.9 Å². The summed E-state index contributed by atoms with van der Waals surface area (Å²) >= 11 is 0. The van der Waals surface area contributed by atoms with Gasteiger partial charge in [0.15, 0.2) is 0 Å². The number of H-pyrrole nitrogens is 2. The fraction of sp³-hybridized carbons (Fsp3) is 0.364. The maximum absolute atomic E-state index is 13.0. The molecule has 2 aliphatic rings. The Kier molecular flexibility index (Phi) is 13.6. The number of carbonyl (C=O) groups excluding carboxylic acids is 4. The van der Waals surface area contributed by atoms with Crippen LogP contribution in [0.3, 0.4) is 0 Å². The van der Waals surface area contributed by atoms with Crippen molar-refractivity contribution < 1.29 is 38.1 Å². The molecule has 0 saturated heterocycles. The number of aryl methyl sites for hydroxylation is 2. The van der Waals surface area contributed by atoms with Crippen molar-refractivity contribution in [2.24, 2.45) is 0 Å². The molecule has 0 unspecified atom stereocenters. The zero-order chi connectivity index (χ0) is 40.5. The first-order valence-electron chi connectivity index (χ1n) is 18.8. The predicted octanol–water partition coefficient (Wildman–Crippen LogP) is 8.55. The number of aromatic nitrogens is 4. The molecule has 5 heterocycles. The largest absolute Gasteiger partial charge is 0.469 e. The summed E-state index contributed by atoms with van der Waals surface area (Å²) in [7, 11) is 2.74.